The van der Waals surface area contributed by atoms with Crippen LogP contribution in [0.2, 0.25) is 10.0 Å². The van der Waals surface area contributed by atoms with Crippen LogP contribution in [0.15, 0.2) is 53.3 Å². The summed E-state index contributed by atoms with van der Waals surface area (Å²) in [7, 11) is 0. The van der Waals surface area contributed by atoms with E-state index in [9.17, 15) is 9.59 Å². The van der Waals surface area contributed by atoms with Crippen LogP contribution in [0.5, 0.6) is 5.75 Å². The normalized spacial score (nSPS) is 10.6. The second-order valence-corrected chi connectivity index (χ2v) is 6.50. The molecular weight excluding hydrogens is 375 g/mol. The first-order valence-electron chi connectivity index (χ1n) is 7.71. The molecule has 132 valence electrons. The number of carbonyl (C=O) groups excluding carboxylic acids is 1. The summed E-state index contributed by atoms with van der Waals surface area (Å²) < 4.78 is 6.70. The molecule has 1 heterocycles. The molecule has 0 saturated heterocycles. The highest BCUT2D eigenvalue weighted by Crippen LogP contribution is 2.26. The number of aryl methyl sites for hydroxylation is 2. The first kappa shape index (κ1) is 18.2. The average molecular weight is 389 g/mol. The Morgan fingerprint density at radius 1 is 1.04 bits per heavy atom. The monoisotopic (exact) mass is 388 g/mol. The molecule has 0 N–H and O–H groups in total. The molecule has 0 aliphatic heterocycles. The number of halogens is 2. The van der Waals surface area contributed by atoms with E-state index >= 15 is 0 Å². The lowest BCUT2D eigenvalue weighted by Crippen LogP contribution is -2.25. The quantitative estimate of drug-likeness (QED) is 0.493. The maximum atomic E-state index is 12.5. The first-order chi connectivity index (χ1) is 12.4. The molecule has 0 unspecified atom stereocenters. The van der Waals surface area contributed by atoms with Crippen LogP contribution in [0.1, 0.15) is 21.7 Å². The molecule has 0 fully saturated rings. The van der Waals surface area contributed by atoms with Crippen molar-refractivity contribution in [2.75, 3.05) is 0 Å². The van der Waals surface area contributed by atoms with Gasteiger partial charge in [0.25, 0.3) is 0 Å². The summed E-state index contributed by atoms with van der Waals surface area (Å²) in [5, 5.41) is 4.86. The Morgan fingerprint density at radius 2 is 1.77 bits per heavy atom. The van der Waals surface area contributed by atoms with Crippen molar-refractivity contribution < 1.29 is 9.53 Å². The molecule has 2 aromatic carbocycles. The Kier molecular flexibility index (Phi) is 5.11. The zero-order valence-corrected chi connectivity index (χ0v) is 15.5. The van der Waals surface area contributed by atoms with Gasteiger partial charge in [-0.25, -0.2) is 9.48 Å². The van der Waals surface area contributed by atoms with Gasteiger partial charge in [-0.05, 0) is 43.7 Å². The Bertz CT molecular complexity index is 1060. The van der Waals surface area contributed by atoms with E-state index in [1.54, 1.807) is 49.4 Å². The fourth-order valence-electron chi connectivity index (χ4n) is 2.39. The van der Waals surface area contributed by atoms with E-state index in [1.807, 2.05) is 6.92 Å². The number of esters is 1. The van der Waals surface area contributed by atoms with Crippen molar-refractivity contribution in [3.8, 4) is 11.4 Å². The summed E-state index contributed by atoms with van der Waals surface area (Å²) in [4.78, 5) is 24.7. The summed E-state index contributed by atoms with van der Waals surface area (Å²) in [5.41, 5.74) is 1.05. The molecule has 0 aliphatic rings. The summed E-state index contributed by atoms with van der Waals surface area (Å²) in [6.07, 6.45) is 0. The molecule has 0 saturated carbocycles. The molecular formula is C19H14Cl2N2O3. The third kappa shape index (κ3) is 3.64. The van der Waals surface area contributed by atoms with Gasteiger partial charge in [0.15, 0.2) is 0 Å². The lowest BCUT2D eigenvalue weighted by Gasteiger charge is -2.12. The average Bonchev–Trinajstić information content (AvgIpc) is 2.59. The first-order valence-corrected chi connectivity index (χ1v) is 8.46. The molecule has 26 heavy (non-hydrogen) atoms. The zero-order valence-electron chi connectivity index (χ0n) is 14.0. The molecule has 3 rings (SSSR count). The third-order valence-electron chi connectivity index (χ3n) is 3.67. The number of hydrogen-bond acceptors (Lipinski definition) is 4. The molecule has 1 aromatic heterocycles. The Balaban J connectivity index is 2.04. The maximum Gasteiger partial charge on any atom is 0.368 e. The third-order valence-corrected chi connectivity index (χ3v) is 4.30. The maximum absolute atomic E-state index is 12.5. The van der Waals surface area contributed by atoms with Crippen molar-refractivity contribution in [3.05, 3.63) is 85.8 Å². The van der Waals surface area contributed by atoms with Gasteiger partial charge in [0, 0.05) is 11.8 Å². The lowest BCUT2D eigenvalue weighted by atomic mass is 10.2. The van der Waals surface area contributed by atoms with Crippen LogP contribution in [-0.4, -0.2) is 15.7 Å². The minimum absolute atomic E-state index is 0.169. The molecule has 7 heteroatoms. The van der Waals surface area contributed by atoms with E-state index in [0.29, 0.717) is 16.4 Å². The number of aromatic nitrogens is 2. The topological polar surface area (TPSA) is 61.2 Å². The molecule has 0 bridgehead atoms. The van der Waals surface area contributed by atoms with Crippen LogP contribution in [-0.2, 0) is 0 Å². The molecule has 0 spiro atoms. The van der Waals surface area contributed by atoms with Crippen LogP contribution in [0.4, 0.5) is 0 Å². The summed E-state index contributed by atoms with van der Waals surface area (Å²) in [6, 6.07) is 13.3. The van der Waals surface area contributed by atoms with Crippen LogP contribution >= 0.6 is 23.2 Å². The van der Waals surface area contributed by atoms with E-state index in [1.165, 1.54) is 10.7 Å². The van der Waals surface area contributed by atoms with Crippen LogP contribution in [0, 0.1) is 13.8 Å². The fourth-order valence-corrected chi connectivity index (χ4v) is 2.77. The highest BCUT2D eigenvalue weighted by molar-refractivity contribution is 6.32. The smallest absolute Gasteiger partial charge is 0.368 e. The number of benzene rings is 2. The molecule has 0 aliphatic carbocycles. The Labute approximate surface area is 159 Å². The standard InChI is InChI=1S/C19H14Cl2N2O3/c1-11-7-8-14(21)17(9-11)26-19(25)18-16(24)10-12(2)23(22-18)15-6-4-3-5-13(15)20/h3-10H,1-2H3. The van der Waals surface area contributed by atoms with E-state index in [-0.39, 0.29) is 16.5 Å². The van der Waals surface area contributed by atoms with Crippen molar-refractivity contribution in [1.29, 1.82) is 0 Å². The number of ether oxygens (including phenoxy) is 1. The van der Waals surface area contributed by atoms with Crippen molar-refractivity contribution in [2.24, 2.45) is 0 Å². The SMILES string of the molecule is Cc1ccc(Cl)c(OC(=O)c2nn(-c3ccccc3Cl)c(C)cc2=O)c1. The number of para-hydroxylation sites is 1. The summed E-state index contributed by atoms with van der Waals surface area (Å²) in [5.74, 6) is -0.717. The van der Waals surface area contributed by atoms with Gasteiger partial charge in [-0.15, -0.1) is 0 Å². The van der Waals surface area contributed by atoms with Gasteiger partial charge in [0.05, 0.1) is 15.7 Å². The Morgan fingerprint density at radius 3 is 2.50 bits per heavy atom. The lowest BCUT2D eigenvalue weighted by molar-refractivity contribution is 0.0725. The fraction of sp³-hybridized carbons (Fsp3) is 0.105. The van der Waals surface area contributed by atoms with E-state index in [4.69, 9.17) is 27.9 Å². The molecule has 5 nitrogen and oxygen atoms in total. The summed E-state index contributed by atoms with van der Waals surface area (Å²) in [6.45, 7) is 3.53. The minimum Gasteiger partial charge on any atom is -0.420 e. The number of carbonyl (C=O) groups is 1. The van der Waals surface area contributed by atoms with Gasteiger partial charge in [-0.3, -0.25) is 4.79 Å². The number of rotatable bonds is 3. The van der Waals surface area contributed by atoms with E-state index in [0.717, 1.165) is 5.56 Å². The highest BCUT2D eigenvalue weighted by atomic mass is 35.5. The van der Waals surface area contributed by atoms with Crippen molar-refractivity contribution in [1.82, 2.24) is 9.78 Å². The predicted molar refractivity (Wildman–Crippen MR) is 101 cm³/mol. The second-order valence-electron chi connectivity index (χ2n) is 5.69. The van der Waals surface area contributed by atoms with Gasteiger partial charge in [0.1, 0.15) is 5.75 Å². The second kappa shape index (κ2) is 7.32. The van der Waals surface area contributed by atoms with Crippen LogP contribution < -0.4 is 10.2 Å². The van der Waals surface area contributed by atoms with Gasteiger partial charge >= 0.3 is 5.97 Å². The van der Waals surface area contributed by atoms with E-state index < -0.39 is 11.4 Å². The summed E-state index contributed by atoms with van der Waals surface area (Å²) >= 11 is 12.2. The molecule has 0 amide bonds. The number of nitrogens with zero attached hydrogens (tertiary/aromatic N) is 2. The largest absolute Gasteiger partial charge is 0.420 e. The van der Waals surface area contributed by atoms with Gasteiger partial charge in [-0.2, -0.15) is 5.10 Å². The molecule has 0 atom stereocenters. The van der Waals surface area contributed by atoms with Gasteiger partial charge in [-0.1, -0.05) is 41.4 Å². The van der Waals surface area contributed by atoms with Crippen molar-refractivity contribution >= 4 is 29.2 Å². The minimum atomic E-state index is -0.886. The van der Waals surface area contributed by atoms with Crippen LogP contribution in [0.25, 0.3) is 5.69 Å². The van der Waals surface area contributed by atoms with E-state index in [2.05, 4.69) is 5.10 Å². The Hall–Kier alpha value is -2.63. The van der Waals surface area contributed by atoms with Crippen LogP contribution in [0.3, 0.4) is 0 Å². The van der Waals surface area contributed by atoms with Crippen molar-refractivity contribution in [2.45, 2.75) is 13.8 Å². The van der Waals surface area contributed by atoms with Crippen molar-refractivity contribution in [3.63, 3.8) is 0 Å². The zero-order chi connectivity index (χ0) is 18.8. The predicted octanol–water partition coefficient (Wildman–Crippen LogP) is 4.38. The highest BCUT2D eigenvalue weighted by Gasteiger charge is 2.19. The van der Waals surface area contributed by atoms with Gasteiger partial charge < -0.3 is 4.74 Å². The number of hydrogen-bond donors (Lipinski definition) is 0. The van der Waals surface area contributed by atoms with Gasteiger partial charge in [0.2, 0.25) is 11.1 Å². The molecule has 0 radical (unpaired) electrons. The molecule has 3 aromatic rings.